The van der Waals surface area contributed by atoms with E-state index in [9.17, 15) is 4.91 Å². The van der Waals surface area contributed by atoms with Crippen LogP contribution in [0.1, 0.15) is 5.56 Å². The Morgan fingerprint density at radius 2 is 2.38 bits per heavy atom. The first-order chi connectivity index (χ1) is 7.86. The molecule has 1 heterocycles. The molecule has 0 atom stereocenters. The van der Waals surface area contributed by atoms with Crippen molar-refractivity contribution in [2.24, 2.45) is 5.18 Å². The van der Waals surface area contributed by atoms with E-state index in [-0.39, 0.29) is 13.3 Å². The van der Waals surface area contributed by atoms with E-state index in [1.165, 1.54) is 0 Å². The van der Waals surface area contributed by atoms with Crippen LogP contribution in [0.2, 0.25) is 0 Å². The van der Waals surface area contributed by atoms with Crippen LogP contribution in [-0.4, -0.2) is 13.4 Å². The van der Waals surface area contributed by atoms with Crippen LogP contribution >= 0.6 is 0 Å². The topological polar surface area (TPSA) is 57.1 Å². The van der Waals surface area contributed by atoms with Crippen LogP contribution in [0, 0.1) is 4.91 Å². The summed E-state index contributed by atoms with van der Waals surface area (Å²) in [5.74, 6) is 1.73. The molecular formula is C11H11NO4. The zero-order valence-electron chi connectivity index (χ0n) is 8.64. The lowest BCUT2D eigenvalue weighted by molar-refractivity contribution is 0.173. The van der Waals surface area contributed by atoms with Crippen molar-refractivity contribution >= 4 is 0 Å². The number of hydrogen-bond acceptors (Lipinski definition) is 5. The zero-order chi connectivity index (χ0) is 11.4. The van der Waals surface area contributed by atoms with E-state index in [4.69, 9.17) is 14.2 Å². The highest BCUT2D eigenvalue weighted by atomic mass is 16.7. The van der Waals surface area contributed by atoms with Crippen molar-refractivity contribution in [2.75, 3.05) is 13.4 Å². The van der Waals surface area contributed by atoms with E-state index >= 15 is 0 Å². The molecule has 0 aromatic heterocycles. The third-order valence-corrected chi connectivity index (χ3v) is 2.18. The van der Waals surface area contributed by atoms with Gasteiger partial charge in [0.15, 0.2) is 11.5 Å². The number of nitroso groups, excluding NO2 is 1. The Morgan fingerprint density at radius 1 is 1.50 bits per heavy atom. The molecule has 0 saturated heterocycles. The summed E-state index contributed by atoms with van der Waals surface area (Å²) in [5.41, 5.74) is 0.617. The monoisotopic (exact) mass is 221 g/mol. The van der Waals surface area contributed by atoms with Gasteiger partial charge in [-0.3, -0.25) is 0 Å². The van der Waals surface area contributed by atoms with E-state index in [2.05, 4.69) is 11.8 Å². The smallest absolute Gasteiger partial charge is 0.231 e. The highest BCUT2D eigenvalue weighted by molar-refractivity contribution is 5.55. The lowest BCUT2D eigenvalue weighted by atomic mass is 10.1. The van der Waals surface area contributed by atoms with Gasteiger partial charge in [-0.2, -0.15) is 4.91 Å². The van der Waals surface area contributed by atoms with Crippen LogP contribution in [0.3, 0.4) is 0 Å². The molecule has 1 aliphatic rings. The Bertz CT molecular complexity index is 417. The summed E-state index contributed by atoms with van der Waals surface area (Å²) in [6.45, 7) is 4.08. The minimum Gasteiger partial charge on any atom is -0.489 e. The van der Waals surface area contributed by atoms with Crippen molar-refractivity contribution in [1.82, 2.24) is 0 Å². The van der Waals surface area contributed by atoms with Gasteiger partial charge in [0, 0.05) is 0 Å². The van der Waals surface area contributed by atoms with Gasteiger partial charge in [0.05, 0.1) is 5.56 Å². The van der Waals surface area contributed by atoms with Crippen molar-refractivity contribution in [3.63, 3.8) is 0 Å². The second-order valence-electron chi connectivity index (χ2n) is 3.16. The fourth-order valence-corrected chi connectivity index (χ4v) is 1.51. The highest BCUT2D eigenvalue weighted by Crippen LogP contribution is 2.41. The maximum atomic E-state index is 10.4. The van der Waals surface area contributed by atoms with Gasteiger partial charge in [-0.15, -0.1) is 0 Å². The first-order valence-electron chi connectivity index (χ1n) is 4.81. The second-order valence-corrected chi connectivity index (χ2v) is 3.16. The quantitative estimate of drug-likeness (QED) is 0.565. The summed E-state index contributed by atoms with van der Waals surface area (Å²) in [6, 6.07) is 3.48. The van der Waals surface area contributed by atoms with Gasteiger partial charge in [0.25, 0.3) is 0 Å². The summed E-state index contributed by atoms with van der Waals surface area (Å²) < 4.78 is 15.9. The van der Waals surface area contributed by atoms with E-state index < -0.39 is 0 Å². The molecule has 84 valence electrons. The van der Waals surface area contributed by atoms with Crippen LogP contribution in [0.4, 0.5) is 0 Å². The molecule has 1 aromatic carbocycles. The average Bonchev–Trinajstić information content (AvgIpc) is 2.76. The van der Waals surface area contributed by atoms with Crippen molar-refractivity contribution in [3.8, 4) is 17.2 Å². The number of ether oxygens (including phenoxy) is 3. The van der Waals surface area contributed by atoms with E-state index in [1.54, 1.807) is 18.2 Å². The fraction of sp³-hybridized carbons (Fsp3) is 0.273. The number of hydrogen-bond donors (Lipinski definition) is 0. The largest absolute Gasteiger partial charge is 0.489 e. The molecule has 0 aliphatic carbocycles. The van der Waals surface area contributed by atoms with Crippen LogP contribution < -0.4 is 14.2 Å². The molecule has 1 aliphatic heterocycles. The van der Waals surface area contributed by atoms with Gasteiger partial charge in [0.2, 0.25) is 6.79 Å². The molecule has 0 spiro atoms. The van der Waals surface area contributed by atoms with Crippen molar-refractivity contribution in [3.05, 3.63) is 35.3 Å². The molecule has 2 rings (SSSR count). The van der Waals surface area contributed by atoms with Gasteiger partial charge in [-0.05, 0) is 12.1 Å². The summed E-state index contributed by atoms with van der Waals surface area (Å²) in [5, 5.41) is 2.86. The van der Waals surface area contributed by atoms with Gasteiger partial charge in [-0.25, -0.2) is 0 Å². The van der Waals surface area contributed by atoms with Crippen molar-refractivity contribution < 1.29 is 14.2 Å². The molecule has 0 radical (unpaired) electrons. The van der Waals surface area contributed by atoms with E-state index in [1.807, 2.05) is 0 Å². The predicted octanol–water partition coefficient (Wildman–Crippen LogP) is 2.25. The van der Waals surface area contributed by atoms with Gasteiger partial charge >= 0.3 is 0 Å². The fourth-order valence-electron chi connectivity index (χ4n) is 1.51. The van der Waals surface area contributed by atoms with Gasteiger partial charge < -0.3 is 14.2 Å². The lowest BCUT2D eigenvalue weighted by Crippen LogP contribution is -1.98. The molecule has 0 N–H and O–H groups in total. The summed E-state index contributed by atoms with van der Waals surface area (Å²) in [6.07, 6.45) is 1.63. The first-order valence-corrected chi connectivity index (χ1v) is 4.81. The Hall–Kier alpha value is -2.04. The zero-order valence-corrected chi connectivity index (χ0v) is 8.64. The highest BCUT2D eigenvalue weighted by Gasteiger charge is 2.21. The molecule has 0 bridgehead atoms. The van der Waals surface area contributed by atoms with Crippen LogP contribution in [0.15, 0.2) is 30.0 Å². The molecular weight excluding hydrogens is 210 g/mol. The summed E-state index contributed by atoms with van der Waals surface area (Å²) in [4.78, 5) is 10.4. The molecule has 5 nitrogen and oxygen atoms in total. The predicted molar refractivity (Wildman–Crippen MR) is 57.8 cm³/mol. The normalized spacial score (nSPS) is 12.2. The van der Waals surface area contributed by atoms with Crippen LogP contribution in [0.25, 0.3) is 0 Å². The van der Waals surface area contributed by atoms with Crippen LogP contribution in [0.5, 0.6) is 17.2 Å². The van der Waals surface area contributed by atoms with Crippen molar-refractivity contribution in [1.29, 1.82) is 0 Å². The third-order valence-electron chi connectivity index (χ3n) is 2.18. The minimum absolute atomic E-state index is 0.000983. The Labute approximate surface area is 92.6 Å². The standard InChI is InChI=1S/C11H11NO4/c1-2-5-14-9-3-4-10-11(16-7-15-10)8(9)6-12-13/h2-4H,1,5-7H2. The molecule has 5 heteroatoms. The lowest BCUT2D eigenvalue weighted by Gasteiger charge is -2.09. The number of benzene rings is 1. The Kier molecular flexibility index (Phi) is 3.05. The van der Waals surface area contributed by atoms with Gasteiger partial charge in [-0.1, -0.05) is 17.8 Å². The maximum Gasteiger partial charge on any atom is 0.231 e. The van der Waals surface area contributed by atoms with E-state index in [0.717, 1.165) is 0 Å². The molecule has 16 heavy (non-hydrogen) atoms. The third kappa shape index (κ3) is 1.84. The molecule has 0 amide bonds. The second kappa shape index (κ2) is 4.65. The summed E-state index contributed by atoms with van der Waals surface area (Å²) >= 11 is 0. The minimum atomic E-state index is -0.000983. The number of rotatable bonds is 5. The number of fused-ring (bicyclic) bond motifs is 1. The number of nitrogens with zero attached hydrogens (tertiary/aromatic N) is 1. The molecule has 0 saturated carbocycles. The summed E-state index contributed by atoms with van der Waals surface area (Å²) in [7, 11) is 0. The Balaban J connectivity index is 2.36. The average molecular weight is 221 g/mol. The molecule has 1 aromatic rings. The van der Waals surface area contributed by atoms with Gasteiger partial charge in [0.1, 0.15) is 18.9 Å². The maximum absolute atomic E-state index is 10.4. The molecule has 0 unspecified atom stereocenters. The van der Waals surface area contributed by atoms with Crippen LogP contribution in [-0.2, 0) is 6.54 Å². The van der Waals surface area contributed by atoms with Crippen molar-refractivity contribution in [2.45, 2.75) is 6.54 Å². The first kappa shape index (κ1) is 10.5. The van der Waals surface area contributed by atoms with E-state index in [0.29, 0.717) is 29.4 Å². The SMILES string of the molecule is C=CCOc1ccc2c(c1CN=O)OCO2. The Morgan fingerprint density at radius 3 is 3.12 bits per heavy atom. The molecule has 0 fully saturated rings.